The van der Waals surface area contributed by atoms with E-state index in [0.717, 1.165) is 24.8 Å². The van der Waals surface area contributed by atoms with Crippen LogP contribution in [0.1, 0.15) is 26.2 Å². The molecule has 2 atom stereocenters. The molecule has 1 saturated heterocycles. The fraction of sp³-hybridized carbons (Fsp3) is 0.800. The van der Waals surface area contributed by atoms with Gasteiger partial charge in [-0.15, -0.1) is 0 Å². The van der Waals surface area contributed by atoms with E-state index in [-0.39, 0.29) is 12.9 Å². The summed E-state index contributed by atoms with van der Waals surface area (Å²) in [4.78, 5) is 17.0. The summed E-state index contributed by atoms with van der Waals surface area (Å²) in [5.41, 5.74) is 5.80. The highest BCUT2D eigenvalue weighted by Gasteiger charge is 2.29. The number of phosphoric acid groups is 1. The maximum absolute atomic E-state index is 11.4. The maximum atomic E-state index is 11.4. The zero-order chi connectivity index (χ0) is 15.9. The molecule has 0 saturated carbocycles. The van der Waals surface area contributed by atoms with Gasteiger partial charge in [-0.25, -0.2) is 14.6 Å². The van der Waals surface area contributed by atoms with Crippen molar-refractivity contribution in [1.82, 2.24) is 0 Å². The van der Waals surface area contributed by atoms with E-state index in [2.05, 4.69) is 8.83 Å². The highest BCUT2D eigenvalue weighted by molar-refractivity contribution is 7.62. The molecule has 0 bridgehead atoms. The standard InChI is InChI=1S/C10H21NO8P2/c1-9(8-17-10-4-2-3-6-16-10)5-7-18-20(11,12)19-21(13,14)15/h5,10H,2-4,6-8H2,1H3,(H2,11,12)(H2,13,14,15). The third-order valence-corrected chi connectivity index (χ3v) is 4.81. The average molecular weight is 345 g/mol. The minimum atomic E-state index is -4.96. The van der Waals surface area contributed by atoms with E-state index in [4.69, 9.17) is 24.8 Å². The number of rotatable bonds is 8. The lowest BCUT2D eigenvalue weighted by Crippen LogP contribution is -2.22. The van der Waals surface area contributed by atoms with Crippen LogP contribution in [0.15, 0.2) is 11.6 Å². The smallest absolute Gasteiger partial charge is 0.353 e. The maximum Gasteiger partial charge on any atom is 0.477 e. The molecule has 9 nitrogen and oxygen atoms in total. The van der Waals surface area contributed by atoms with Gasteiger partial charge in [0.05, 0.1) is 13.2 Å². The molecule has 124 valence electrons. The van der Waals surface area contributed by atoms with Crippen LogP contribution in [-0.2, 0) is 27.4 Å². The summed E-state index contributed by atoms with van der Waals surface area (Å²) in [5.74, 6) is 0. The Morgan fingerprint density at radius 3 is 2.71 bits per heavy atom. The molecule has 0 radical (unpaired) electrons. The molecule has 0 aromatic heterocycles. The van der Waals surface area contributed by atoms with Gasteiger partial charge in [0.15, 0.2) is 6.29 Å². The van der Waals surface area contributed by atoms with Gasteiger partial charge in [0, 0.05) is 6.61 Å². The van der Waals surface area contributed by atoms with Crippen molar-refractivity contribution in [3.05, 3.63) is 11.6 Å². The Balaban J connectivity index is 2.28. The summed E-state index contributed by atoms with van der Waals surface area (Å²) in [7, 11) is -9.25. The Morgan fingerprint density at radius 2 is 2.14 bits per heavy atom. The quantitative estimate of drug-likeness (QED) is 0.443. The van der Waals surface area contributed by atoms with Crippen molar-refractivity contribution in [3.63, 3.8) is 0 Å². The molecule has 1 heterocycles. The van der Waals surface area contributed by atoms with Crippen molar-refractivity contribution in [2.45, 2.75) is 32.5 Å². The topological polar surface area (TPSA) is 138 Å². The number of hydrogen-bond acceptors (Lipinski definition) is 6. The monoisotopic (exact) mass is 345 g/mol. The van der Waals surface area contributed by atoms with Gasteiger partial charge in [-0.3, -0.25) is 4.52 Å². The van der Waals surface area contributed by atoms with E-state index in [9.17, 15) is 9.13 Å². The molecule has 0 spiro atoms. The van der Waals surface area contributed by atoms with Gasteiger partial charge in [-0.05, 0) is 31.8 Å². The Bertz CT molecular complexity index is 442. The third-order valence-electron chi connectivity index (χ3n) is 2.54. The van der Waals surface area contributed by atoms with Crippen molar-refractivity contribution in [2.75, 3.05) is 19.8 Å². The Labute approximate surface area is 123 Å². The van der Waals surface area contributed by atoms with Gasteiger partial charge < -0.3 is 19.3 Å². The number of ether oxygens (including phenoxy) is 2. The minimum Gasteiger partial charge on any atom is -0.353 e. The van der Waals surface area contributed by atoms with Crippen LogP contribution in [0.25, 0.3) is 0 Å². The molecule has 1 fully saturated rings. The van der Waals surface area contributed by atoms with Crippen molar-refractivity contribution in [1.29, 1.82) is 0 Å². The van der Waals surface area contributed by atoms with Crippen molar-refractivity contribution in [2.24, 2.45) is 5.50 Å². The van der Waals surface area contributed by atoms with Crippen molar-refractivity contribution in [3.8, 4) is 0 Å². The SMILES string of the molecule is CC(=CCOP(N)(=O)OP(=O)(O)O)COC1CCCCO1. The summed E-state index contributed by atoms with van der Waals surface area (Å²) in [6.07, 6.45) is 4.26. The van der Waals surface area contributed by atoms with E-state index in [1.165, 1.54) is 6.08 Å². The van der Waals surface area contributed by atoms with E-state index in [1.54, 1.807) is 6.92 Å². The van der Waals surface area contributed by atoms with Crippen LogP contribution >= 0.6 is 15.6 Å². The van der Waals surface area contributed by atoms with Crippen LogP contribution in [0.3, 0.4) is 0 Å². The fourth-order valence-corrected chi connectivity index (χ4v) is 3.24. The molecule has 0 amide bonds. The van der Waals surface area contributed by atoms with Crippen LogP contribution in [-0.4, -0.2) is 35.9 Å². The van der Waals surface area contributed by atoms with Gasteiger partial charge in [0.2, 0.25) is 0 Å². The summed E-state index contributed by atoms with van der Waals surface area (Å²) < 4.78 is 41.3. The molecule has 11 heteroatoms. The summed E-state index contributed by atoms with van der Waals surface area (Å²) >= 11 is 0. The largest absolute Gasteiger partial charge is 0.477 e. The first-order valence-electron chi connectivity index (χ1n) is 6.37. The second-order valence-electron chi connectivity index (χ2n) is 4.57. The molecular formula is C10H21NO8P2. The normalized spacial score (nSPS) is 23.8. The first kappa shape index (κ1) is 19.0. The predicted molar refractivity (Wildman–Crippen MR) is 74.2 cm³/mol. The van der Waals surface area contributed by atoms with Crippen molar-refractivity contribution >= 4 is 15.6 Å². The lowest BCUT2D eigenvalue weighted by Gasteiger charge is -2.22. The van der Waals surface area contributed by atoms with Crippen LogP contribution in [0.5, 0.6) is 0 Å². The second kappa shape index (κ2) is 8.53. The van der Waals surface area contributed by atoms with Gasteiger partial charge in [0.25, 0.3) is 0 Å². The first-order valence-corrected chi connectivity index (χ1v) is 9.51. The molecule has 0 aromatic rings. The molecule has 1 rings (SSSR count). The second-order valence-corrected chi connectivity index (χ2v) is 7.54. The molecule has 1 aliphatic rings. The van der Waals surface area contributed by atoms with Crippen molar-refractivity contribution < 1.29 is 37.2 Å². The number of nitrogens with two attached hydrogens (primary N) is 1. The highest BCUT2D eigenvalue weighted by atomic mass is 31.3. The average Bonchev–Trinajstić information content (AvgIpc) is 2.34. The molecule has 4 N–H and O–H groups in total. The summed E-state index contributed by atoms with van der Waals surface area (Å²) in [6.45, 7) is 2.54. The van der Waals surface area contributed by atoms with Crippen LogP contribution in [0.2, 0.25) is 0 Å². The summed E-state index contributed by atoms with van der Waals surface area (Å²) in [6, 6.07) is 0. The third kappa shape index (κ3) is 9.52. The highest BCUT2D eigenvalue weighted by Crippen LogP contribution is 2.55. The molecule has 21 heavy (non-hydrogen) atoms. The molecule has 2 unspecified atom stereocenters. The van der Waals surface area contributed by atoms with E-state index in [0.29, 0.717) is 13.2 Å². The minimum absolute atomic E-state index is 0.214. The fourth-order valence-electron chi connectivity index (χ4n) is 1.58. The number of hydrogen-bond donors (Lipinski definition) is 3. The van der Waals surface area contributed by atoms with Crippen LogP contribution < -0.4 is 5.50 Å². The van der Waals surface area contributed by atoms with E-state index < -0.39 is 15.6 Å². The zero-order valence-electron chi connectivity index (χ0n) is 11.7. The van der Waals surface area contributed by atoms with Gasteiger partial charge in [-0.1, -0.05) is 6.08 Å². The van der Waals surface area contributed by atoms with E-state index >= 15 is 0 Å². The lowest BCUT2D eigenvalue weighted by molar-refractivity contribution is -0.156. The van der Waals surface area contributed by atoms with Gasteiger partial charge in [-0.2, -0.15) is 4.31 Å². The predicted octanol–water partition coefficient (Wildman–Crippen LogP) is 1.67. The first-order chi connectivity index (χ1) is 9.68. The molecule has 0 aromatic carbocycles. The molecule has 1 aliphatic heterocycles. The Hall–Kier alpha value is -0.0800. The van der Waals surface area contributed by atoms with Gasteiger partial charge in [0.1, 0.15) is 0 Å². The lowest BCUT2D eigenvalue weighted by atomic mass is 10.2. The Morgan fingerprint density at radius 1 is 1.43 bits per heavy atom. The molecular weight excluding hydrogens is 324 g/mol. The van der Waals surface area contributed by atoms with Gasteiger partial charge >= 0.3 is 15.6 Å². The van der Waals surface area contributed by atoms with E-state index in [1.807, 2.05) is 0 Å². The molecule has 0 aliphatic carbocycles. The zero-order valence-corrected chi connectivity index (χ0v) is 13.5. The van der Waals surface area contributed by atoms with Crippen LogP contribution in [0, 0.1) is 0 Å². The summed E-state index contributed by atoms with van der Waals surface area (Å²) in [5, 5.41) is 0. The van der Waals surface area contributed by atoms with Crippen LogP contribution in [0.4, 0.5) is 0 Å². The Kier molecular flexibility index (Phi) is 7.70.